The number of halogens is 2. The van der Waals surface area contributed by atoms with Crippen LogP contribution in [0.5, 0.6) is 0 Å². The molecule has 1 saturated heterocycles. The summed E-state index contributed by atoms with van der Waals surface area (Å²) in [6, 6.07) is 9.38. The highest BCUT2D eigenvalue weighted by Crippen LogP contribution is 2.24. The smallest absolute Gasteiger partial charge is 0.317 e. The summed E-state index contributed by atoms with van der Waals surface area (Å²) in [6.07, 6.45) is 0. The first-order valence-electron chi connectivity index (χ1n) is 9.18. The number of rotatable bonds is 3. The first kappa shape index (κ1) is 19.1. The second kappa shape index (κ2) is 7.94. The van der Waals surface area contributed by atoms with Crippen molar-refractivity contribution in [1.82, 2.24) is 10.2 Å². The summed E-state index contributed by atoms with van der Waals surface area (Å²) in [5, 5.41) is 2.87. The van der Waals surface area contributed by atoms with Crippen molar-refractivity contribution in [2.75, 3.05) is 31.1 Å². The molecule has 0 unspecified atom stereocenters. The number of aryl methyl sites for hydroxylation is 1. The van der Waals surface area contributed by atoms with Crippen molar-refractivity contribution < 1.29 is 13.6 Å². The van der Waals surface area contributed by atoms with Crippen molar-refractivity contribution in [1.29, 1.82) is 0 Å². The van der Waals surface area contributed by atoms with Crippen molar-refractivity contribution in [2.45, 2.75) is 26.8 Å². The fourth-order valence-electron chi connectivity index (χ4n) is 3.37. The van der Waals surface area contributed by atoms with Crippen molar-refractivity contribution in [2.24, 2.45) is 0 Å². The second-order valence-corrected chi connectivity index (χ2v) is 7.04. The third-order valence-corrected chi connectivity index (χ3v) is 5.27. The van der Waals surface area contributed by atoms with E-state index < -0.39 is 17.7 Å². The van der Waals surface area contributed by atoms with Gasteiger partial charge in [0.15, 0.2) is 11.6 Å². The molecule has 0 saturated carbocycles. The molecule has 0 aliphatic carbocycles. The van der Waals surface area contributed by atoms with Gasteiger partial charge in [-0.25, -0.2) is 13.6 Å². The second-order valence-electron chi connectivity index (χ2n) is 7.04. The minimum Gasteiger partial charge on any atom is -0.368 e. The number of carbonyl (C=O) groups is 1. The van der Waals surface area contributed by atoms with Crippen LogP contribution in [-0.2, 0) is 0 Å². The van der Waals surface area contributed by atoms with Gasteiger partial charge in [-0.05, 0) is 55.7 Å². The Morgan fingerprint density at radius 3 is 2.41 bits per heavy atom. The topological polar surface area (TPSA) is 35.6 Å². The maximum Gasteiger partial charge on any atom is 0.317 e. The van der Waals surface area contributed by atoms with Crippen LogP contribution >= 0.6 is 0 Å². The number of nitrogens with zero attached hydrogens (tertiary/aromatic N) is 2. The van der Waals surface area contributed by atoms with E-state index in [1.54, 1.807) is 11.8 Å². The number of carbonyl (C=O) groups excluding carboxylic acids is 1. The molecule has 6 heteroatoms. The summed E-state index contributed by atoms with van der Waals surface area (Å²) in [5.74, 6) is -1.80. The van der Waals surface area contributed by atoms with Gasteiger partial charge in [-0.2, -0.15) is 0 Å². The molecule has 0 radical (unpaired) electrons. The van der Waals surface area contributed by atoms with Crippen molar-refractivity contribution in [3.05, 3.63) is 64.7 Å². The third-order valence-electron chi connectivity index (χ3n) is 5.27. The van der Waals surface area contributed by atoms with Gasteiger partial charge in [0.1, 0.15) is 0 Å². The normalized spacial score (nSPS) is 15.6. The lowest BCUT2D eigenvalue weighted by Crippen LogP contribution is -2.52. The predicted molar refractivity (Wildman–Crippen MR) is 103 cm³/mol. The Hall–Kier alpha value is -2.63. The molecule has 1 fully saturated rings. The average Bonchev–Trinajstić information content (AvgIpc) is 2.66. The molecule has 2 aromatic rings. The lowest BCUT2D eigenvalue weighted by molar-refractivity contribution is 0.191. The van der Waals surface area contributed by atoms with E-state index >= 15 is 0 Å². The first-order chi connectivity index (χ1) is 12.9. The zero-order valence-corrected chi connectivity index (χ0v) is 15.9. The van der Waals surface area contributed by atoms with E-state index in [9.17, 15) is 13.6 Å². The van der Waals surface area contributed by atoms with E-state index in [1.807, 2.05) is 0 Å². The first-order valence-corrected chi connectivity index (χ1v) is 9.18. The van der Waals surface area contributed by atoms with Gasteiger partial charge in [0.05, 0.1) is 6.04 Å². The molecule has 1 atom stereocenters. The minimum absolute atomic E-state index is 0.187. The number of benzene rings is 2. The van der Waals surface area contributed by atoms with Crippen LogP contribution in [-0.4, -0.2) is 37.1 Å². The molecule has 3 rings (SSSR count). The molecule has 2 amide bonds. The predicted octanol–water partition coefficient (Wildman–Crippen LogP) is 4.17. The van der Waals surface area contributed by atoms with Crippen LogP contribution < -0.4 is 10.2 Å². The average molecular weight is 373 g/mol. The van der Waals surface area contributed by atoms with Crippen molar-refractivity contribution in [3.63, 3.8) is 0 Å². The molecular weight excluding hydrogens is 348 g/mol. The highest BCUT2D eigenvalue weighted by Gasteiger charge is 2.23. The lowest BCUT2D eigenvalue weighted by Gasteiger charge is -2.37. The highest BCUT2D eigenvalue weighted by atomic mass is 19.2. The Bertz CT molecular complexity index is 832. The summed E-state index contributed by atoms with van der Waals surface area (Å²) in [4.78, 5) is 16.6. The number of hydrogen-bond donors (Lipinski definition) is 1. The SMILES string of the molecule is Cc1cccc(N2CCN(C(=O)N[C@H](C)c3ccc(F)c(F)c3)CC2)c1C. The molecule has 4 nitrogen and oxygen atoms in total. The Kier molecular flexibility index (Phi) is 5.63. The molecule has 1 aliphatic rings. The van der Waals surface area contributed by atoms with Gasteiger partial charge in [0.25, 0.3) is 0 Å². The molecule has 27 heavy (non-hydrogen) atoms. The van der Waals surface area contributed by atoms with E-state index in [1.165, 1.54) is 22.9 Å². The van der Waals surface area contributed by atoms with Gasteiger partial charge >= 0.3 is 6.03 Å². The Labute approximate surface area is 158 Å². The standard InChI is InChI=1S/C21H25F2N3O/c1-14-5-4-6-20(15(14)2)25-9-11-26(12-10-25)21(27)24-16(3)17-7-8-18(22)19(23)13-17/h4-8,13,16H,9-12H2,1-3H3,(H,24,27)/t16-/m1/s1. The van der Waals surface area contributed by atoms with E-state index in [2.05, 4.69) is 42.3 Å². The number of nitrogens with one attached hydrogen (secondary N) is 1. The lowest BCUT2D eigenvalue weighted by atomic mass is 10.1. The molecule has 1 aliphatic heterocycles. The van der Waals surface area contributed by atoms with Crippen molar-refractivity contribution in [3.8, 4) is 0 Å². The fraction of sp³-hybridized carbons (Fsp3) is 0.381. The van der Waals surface area contributed by atoms with E-state index in [0.717, 1.165) is 25.2 Å². The Balaban J connectivity index is 1.58. The summed E-state index contributed by atoms with van der Waals surface area (Å²) in [7, 11) is 0. The fourth-order valence-corrected chi connectivity index (χ4v) is 3.37. The number of urea groups is 1. The van der Waals surface area contributed by atoms with Crippen LogP contribution in [0.25, 0.3) is 0 Å². The van der Waals surface area contributed by atoms with Crippen LogP contribution in [0.4, 0.5) is 19.3 Å². The minimum atomic E-state index is -0.907. The van der Waals surface area contributed by atoms with Crippen LogP contribution in [0, 0.1) is 25.5 Å². The number of piperazine rings is 1. The highest BCUT2D eigenvalue weighted by molar-refractivity contribution is 5.75. The molecule has 1 heterocycles. The van der Waals surface area contributed by atoms with E-state index in [0.29, 0.717) is 18.7 Å². The van der Waals surface area contributed by atoms with E-state index in [-0.39, 0.29) is 6.03 Å². The van der Waals surface area contributed by atoms with E-state index in [4.69, 9.17) is 0 Å². The maximum absolute atomic E-state index is 13.4. The molecular formula is C21H25F2N3O. The molecule has 2 aromatic carbocycles. The van der Waals surface area contributed by atoms with Gasteiger partial charge in [-0.15, -0.1) is 0 Å². The number of hydrogen-bond acceptors (Lipinski definition) is 2. The summed E-state index contributed by atoms with van der Waals surface area (Å²) in [5.41, 5.74) is 4.27. The Morgan fingerprint density at radius 1 is 1.04 bits per heavy atom. The summed E-state index contributed by atoms with van der Waals surface area (Å²) < 4.78 is 26.5. The van der Waals surface area contributed by atoms with Gasteiger partial charge in [0, 0.05) is 31.9 Å². The Morgan fingerprint density at radius 2 is 1.74 bits per heavy atom. The third kappa shape index (κ3) is 4.21. The van der Waals surface area contributed by atoms with Gasteiger partial charge in [0.2, 0.25) is 0 Å². The number of anilines is 1. The van der Waals surface area contributed by atoms with Gasteiger partial charge in [-0.1, -0.05) is 18.2 Å². The zero-order chi connectivity index (χ0) is 19.6. The van der Waals surface area contributed by atoms with Crippen LogP contribution in [0.2, 0.25) is 0 Å². The van der Waals surface area contributed by atoms with Crippen LogP contribution in [0.3, 0.4) is 0 Å². The molecule has 0 spiro atoms. The van der Waals surface area contributed by atoms with Gasteiger partial charge < -0.3 is 15.1 Å². The van der Waals surface area contributed by atoms with Gasteiger partial charge in [-0.3, -0.25) is 0 Å². The zero-order valence-electron chi connectivity index (χ0n) is 15.9. The molecule has 1 N–H and O–H groups in total. The monoisotopic (exact) mass is 373 g/mol. The van der Waals surface area contributed by atoms with Crippen LogP contribution in [0.15, 0.2) is 36.4 Å². The molecule has 0 aromatic heterocycles. The summed E-state index contributed by atoms with van der Waals surface area (Å²) in [6.45, 7) is 8.73. The summed E-state index contributed by atoms with van der Waals surface area (Å²) >= 11 is 0. The quantitative estimate of drug-likeness (QED) is 0.876. The molecule has 0 bridgehead atoms. The molecule has 144 valence electrons. The maximum atomic E-state index is 13.4. The number of amides is 2. The van der Waals surface area contributed by atoms with Crippen LogP contribution in [0.1, 0.15) is 29.7 Å². The van der Waals surface area contributed by atoms with Crippen molar-refractivity contribution >= 4 is 11.7 Å². The largest absolute Gasteiger partial charge is 0.368 e.